The number of hydrogen-bond acceptors (Lipinski definition) is 4. The molecular weight excluding hydrogens is 330 g/mol. The largest absolute Gasteiger partial charge is 0.378 e. The summed E-state index contributed by atoms with van der Waals surface area (Å²) in [5, 5.41) is 2.79. The zero-order chi connectivity index (χ0) is 18.8. The van der Waals surface area contributed by atoms with Crippen molar-refractivity contribution < 1.29 is 14.4 Å². The topological polar surface area (TPSA) is 69.7 Å². The third-order valence-electron chi connectivity index (χ3n) is 4.19. The standard InChI is InChI=1S/C20H19N3O3/c1-4-11-23-19(25)16-10-5-13(12-17(16)20(23)26)18(24)21-14-6-8-15(9-7-14)22(2)3/h4-10,12H,1,11H2,2-3H3,(H,21,24). The van der Waals surface area contributed by atoms with E-state index in [9.17, 15) is 14.4 Å². The van der Waals surface area contributed by atoms with Gasteiger partial charge in [-0.1, -0.05) is 6.08 Å². The van der Waals surface area contributed by atoms with Gasteiger partial charge in [-0.2, -0.15) is 0 Å². The van der Waals surface area contributed by atoms with Gasteiger partial charge in [0.1, 0.15) is 0 Å². The predicted molar refractivity (Wildman–Crippen MR) is 101 cm³/mol. The molecule has 3 amide bonds. The Balaban J connectivity index is 1.81. The fourth-order valence-electron chi connectivity index (χ4n) is 2.77. The van der Waals surface area contributed by atoms with Crippen molar-refractivity contribution in [2.75, 3.05) is 30.9 Å². The van der Waals surface area contributed by atoms with Crippen molar-refractivity contribution in [3.05, 3.63) is 71.8 Å². The smallest absolute Gasteiger partial charge is 0.261 e. The van der Waals surface area contributed by atoms with Crippen LogP contribution in [0, 0.1) is 0 Å². The SMILES string of the molecule is C=CCN1C(=O)c2ccc(C(=O)Nc3ccc(N(C)C)cc3)cc2C1=O. The highest BCUT2D eigenvalue weighted by Crippen LogP contribution is 2.24. The third kappa shape index (κ3) is 3.09. The molecule has 0 bridgehead atoms. The summed E-state index contributed by atoms with van der Waals surface area (Å²) in [6, 6.07) is 11.9. The molecule has 1 aliphatic heterocycles. The number of carbonyl (C=O) groups excluding carboxylic acids is 3. The van der Waals surface area contributed by atoms with Crippen LogP contribution in [0.2, 0.25) is 0 Å². The Bertz CT molecular complexity index is 901. The number of amides is 3. The number of nitrogens with one attached hydrogen (secondary N) is 1. The number of rotatable bonds is 5. The van der Waals surface area contributed by atoms with Crippen LogP contribution < -0.4 is 10.2 Å². The maximum atomic E-state index is 12.5. The van der Waals surface area contributed by atoms with E-state index in [1.54, 1.807) is 18.2 Å². The first-order valence-electron chi connectivity index (χ1n) is 8.12. The minimum atomic E-state index is -0.408. The number of carbonyl (C=O) groups is 3. The molecular formula is C20H19N3O3. The first-order valence-corrected chi connectivity index (χ1v) is 8.12. The Morgan fingerprint density at radius 3 is 2.35 bits per heavy atom. The zero-order valence-electron chi connectivity index (χ0n) is 14.7. The molecule has 0 saturated carbocycles. The molecule has 0 unspecified atom stereocenters. The molecule has 1 aliphatic rings. The van der Waals surface area contributed by atoms with Crippen molar-refractivity contribution in [1.29, 1.82) is 0 Å². The van der Waals surface area contributed by atoms with Gasteiger partial charge >= 0.3 is 0 Å². The lowest BCUT2D eigenvalue weighted by Gasteiger charge is -2.13. The van der Waals surface area contributed by atoms with Gasteiger partial charge in [0.2, 0.25) is 0 Å². The second kappa shape index (κ2) is 6.84. The number of imide groups is 1. The highest BCUT2D eigenvalue weighted by atomic mass is 16.2. The highest BCUT2D eigenvalue weighted by molar-refractivity contribution is 6.22. The summed E-state index contributed by atoms with van der Waals surface area (Å²) in [6.45, 7) is 3.70. The molecule has 1 heterocycles. The van der Waals surface area contributed by atoms with Gasteiger partial charge in [-0.15, -0.1) is 6.58 Å². The normalized spacial score (nSPS) is 12.8. The monoisotopic (exact) mass is 349 g/mol. The fraction of sp³-hybridized carbons (Fsp3) is 0.150. The van der Waals surface area contributed by atoms with E-state index in [0.717, 1.165) is 10.6 Å². The van der Waals surface area contributed by atoms with Gasteiger partial charge in [0, 0.05) is 37.6 Å². The number of hydrogen-bond donors (Lipinski definition) is 1. The second-order valence-electron chi connectivity index (χ2n) is 6.17. The minimum Gasteiger partial charge on any atom is -0.378 e. The highest BCUT2D eigenvalue weighted by Gasteiger charge is 2.35. The zero-order valence-corrected chi connectivity index (χ0v) is 14.7. The van der Waals surface area contributed by atoms with Gasteiger partial charge in [-0.05, 0) is 42.5 Å². The van der Waals surface area contributed by atoms with E-state index >= 15 is 0 Å². The third-order valence-corrected chi connectivity index (χ3v) is 4.19. The van der Waals surface area contributed by atoms with E-state index in [4.69, 9.17) is 0 Å². The Kier molecular flexibility index (Phi) is 4.58. The van der Waals surface area contributed by atoms with Crippen molar-refractivity contribution >= 4 is 29.1 Å². The molecule has 1 N–H and O–H groups in total. The van der Waals surface area contributed by atoms with Crippen LogP contribution in [0.4, 0.5) is 11.4 Å². The van der Waals surface area contributed by atoms with E-state index in [-0.39, 0.29) is 23.9 Å². The molecule has 0 radical (unpaired) electrons. The Morgan fingerprint density at radius 2 is 1.73 bits per heavy atom. The van der Waals surface area contributed by atoms with Crippen molar-refractivity contribution in [2.45, 2.75) is 0 Å². The molecule has 0 aromatic heterocycles. The predicted octanol–water partition coefficient (Wildman–Crippen LogP) is 2.79. The van der Waals surface area contributed by atoms with Crippen LogP contribution in [-0.2, 0) is 0 Å². The van der Waals surface area contributed by atoms with Crippen molar-refractivity contribution in [3.63, 3.8) is 0 Å². The van der Waals surface area contributed by atoms with Crippen molar-refractivity contribution in [3.8, 4) is 0 Å². The van der Waals surface area contributed by atoms with E-state index in [1.807, 2.05) is 31.1 Å². The molecule has 0 saturated heterocycles. The number of anilines is 2. The summed E-state index contributed by atoms with van der Waals surface area (Å²) in [5.74, 6) is -1.11. The summed E-state index contributed by atoms with van der Waals surface area (Å²) in [5.41, 5.74) is 2.54. The van der Waals surface area contributed by atoms with Gasteiger partial charge < -0.3 is 10.2 Å². The molecule has 2 aromatic rings. The van der Waals surface area contributed by atoms with Crippen molar-refractivity contribution in [2.24, 2.45) is 0 Å². The first-order chi connectivity index (χ1) is 12.4. The minimum absolute atomic E-state index is 0.145. The number of nitrogens with zero attached hydrogens (tertiary/aromatic N) is 2. The van der Waals surface area contributed by atoms with Gasteiger partial charge in [-0.3, -0.25) is 19.3 Å². The molecule has 26 heavy (non-hydrogen) atoms. The fourth-order valence-corrected chi connectivity index (χ4v) is 2.77. The first kappa shape index (κ1) is 17.4. The van der Waals surface area contributed by atoms with Crippen LogP contribution in [0.15, 0.2) is 55.1 Å². The number of fused-ring (bicyclic) bond motifs is 1. The quantitative estimate of drug-likeness (QED) is 0.666. The van der Waals surface area contributed by atoms with E-state index in [0.29, 0.717) is 16.8 Å². The number of benzene rings is 2. The van der Waals surface area contributed by atoms with E-state index < -0.39 is 5.91 Å². The van der Waals surface area contributed by atoms with Gasteiger partial charge in [0.15, 0.2) is 0 Å². The summed E-state index contributed by atoms with van der Waals surface area (Å²) in [7, 11) is 3.87. The average Bonchev–Trinajstić information content (AvgIpc) is 2.87. The lowest BCUT2D eigenvalue weighted by molar-refractivity contribution is 0.0672. The molecule has 0 spiro atoms. The van der Waals surface area contributed by atoms with E-state index in [1.165, 1.54) is 18.2 Å². The molecule has 132 valence electrons. The Labute approximate surface area is 151 Å². The van der Waals surface area contributed by atoms with Gasteiger partial charge in [-0.25, -0.2) is 0 Å². The Hall–Kier alpha value is -3.41. The van der Waals surface area contributed by atoms with Gasteiger partial charge in [0.25, 0.3) is 17.7 Å². The summed E-state index contributed by atoms with van der Waals surface area (Å²) in [4.78, 5) is 40.1. The van der Waals surface area contributed by atoms with Gasteiger partial charge in [0.05, 0.1) is 11.1 Å². The van der Waals surface area contributed by atoms with Crippen LogP contribution in [0.25, 0.3) is 0 Å². The molecule has 6 heteroatoms. The van der Waals surface area contributed by atoms with Crippen LogP contribution in [0.5, 0.6) is 0 Å². The lowest BCUT2D eigenvalue weighted by Crippen LogP contribution is -2.29. The lowest BCUT2D eigenvalue weighted by atomic mass is 10.1. The average molecular weight is 349 g/mol. The van der Waals surface area contributed by atoms with Crippen LogP contribution >= 0.6 is 0 Å². The maximum absolute atomic E-state index is 12.5. The summed E-state index contributed by atoms with van der Waals surface area (Å²) >= 11 is 0. The second-order valence-corrected chi connectivity index (χ2v) is 6.17. The van der Waals surface area contributed by atoms with Crippen LogP contribution in [-0.4, -0.2) is 43.3 Å². The molecule has 0 fully saturated rings. The van der Waals surface area contributed by atoms with Crippen LogP contribution in [0.1, 0.15) is 31.1 Å². The molecule has 2 aromatic carbocycles. The molecule has 3 rings (SSSR count). The summed E-state index contributed by atoms with van der Waals surface area (Å²) < 4.78 is 0. The van der Waals surface area contributed by atoms with E-state index in [2.05, 4.69) is 11.9 Å². The maximum Gasteiger partial charge on any atom is 0.261 e. The molecule has 0 aliphatic carbocycles. The molecule has 6 nitrogen and oxygen atoms in total. The van der Waals surface area contributed by atoms with Crippen LogP contribution in [0.3, 0.4) is 0 Å². The molecule has 0 atom stereocenters. The summed E-state index contributed by atoms with van der Waals surface area (Å²) in [6.07, 6.45) is 1.49. The Morgan fingerprint density at radius 1 is 1.08 bits per heavy atom. The van der Waals surface area contributed by atoms with Crippen molar-refractivity contribution in [1.82, 2.24) is 4.90 Å².